The minimum Gasteiger partial charge on any atom is -0.621 e. The average molecular weight is 340 g/mol. The van der Waals surface area contributed by atoms with Gasteiger partial charge in [-0.3, -0.25) is 4.79 Å². The van der Waals surface area contributed by atoms with Crippen LogP contribution in [0.15, 0.2) is 0 Å². The molecule has 0 aromatic heterocycles. The van der Waals surface area contributed by atoms with Gasteiger partial charge < -0.3 is 15.0 Å². The molecular formula is C14H23F3N2O2S. The predicted molar refractivity (Wildman–Crippen MR) is 78.6 cm³/mol. The van der Waals surface area contributed by atoms with E-state index in [0.717, 1.165) is 32.1 Å². The van der Waals surface area contributed by atoms with E-state index in [1.807, 2.05) is 0 Å². The smallest absolute Gasteiger partial charge is 0.496 e. The van der Waals surface area contributed by atoms with E-state index >= 15 is 0 Å². The van der Waals surface area contributed by atoms with Crippen molar-refractivity contribution < 1.29 is 22.4 Å². The average Bonchev–Trinajstić information content (AvgIpc) is 2.35. The van der Waals surface area contributed by atoms with Gasteiger partial charge in [-0.05, 0) is 37.5 Å². The topological polar surface area (TPSA) is 56.6 Å². The minimum absolute atomic E-state index is 0.0124. The third-order valence-corrected chi connectivity index (χ3v) is 5.41. The van der Waals surface area contributed by atoms with Crippen molar-refractivity contribution in [1.82, 2.24) is 5.32 Å². The van der Waals surface area contributed by atoms with Crippen LogP contribution in [0.5, 0.6) is 0 Å². The summed E-state index contributed by atoms with van der Waals surface area (Å²) >= 11 is -0.629. The Kier molecular flexibility index (Phi) is 5.66. The number of carbonyl (C=O) groups is 1. The van der Waals surface area contributed by atoms with Crippen molar-refractivity contribution in [3.8, 4) is 0 Å². The van der Waals surface area contributed by atoms with Crippen molar-refractivity contribution in [3.05, 3.63) is 5.21 Å². The molecule has 4 unspecified atom stereocenters. The van der Waals surface area contributed by atoms with E-state index in [0.29, 0.717) is 11.8 Å². The number of halogens is 3. The van der Waals surface area contributed by atoms with Crippen LogP contribution in [0.25, 0.3) is 0 Å². The van der Waals surface area contributed by atoms with Crippen LogP contribution in [0, 0.1) is 22.5 Å². The highest BCUT2D eigenvalue weighted by molar-refractivity contribution is 7.93. The van der Waals surface area contributed by atoms with Gasteiger partial charge in [-0.25, -0.2) is 0 Å². The second-order valence-electron chi connectivity index (χ2n) is 6.71. The molecule has 2 bridgehead atoms. The summed E-state index contributed by atoms with van der Waals surface area (Å²) in [5.41, 5.74) is -4.91. The summed E-state index contributed by atoms with van der Waals surface area (Å²) in [6, 6.07) is 0. The van der Waals surface area contributed by atoms with E-state index in [-0.39, 0.29) is 24.4 Å². The van der Waals surface area contributed by atoms with Crippen LogP contribution in [-0.2, 0) is 4.79 Å². The zero-order valence-corrected chi connectivity index (χ0v) is 13.5. The molecule has 0 spiro atoms. The molecule has 2 N–H and O–H groups in total. The van der Waals surface area contributed by atoms with Crippen LogP contribution < -0.4 is 9.79 Å². The number of hydrogen-bond donors (Lipinski definition) is 2. The molecule has 0 saturated heterocycles. The molecule has 0 aliphatic heterocycles. The van der Waals surface area contributed by atoms with Gasteiger partial charge in [-0.15, -0.1) is 0 Å². The summed E-state index contributed by atoms with van der Waals surface area (Å²) in [7, 11) is 0. The van der Waals surface area contributed by atoms with Gasteiger partial charge in [-0.2, -0.15) is 13.2 Å². The lowest BCUT2D eigenvalue weighted by molar-refractivity contribution is -0.696. The normalized spacial score (nSPS) is 33.3. The number of rotatable bonds is 5. The number of carbonyl (C=O) groups excluding carboxylic acids is 1. The lowest BCUT2D eigenvalue weighted by Gasteiger charge is -2.46. The summed E-state index contributed by atoms with van der Waals surface area (Å²) in [6.45, 7) is 1.86. The largest absolute Gasteiger partial charge is 0.621 e. The molecule has 2 aliphatic carbocycles. The standard InChI is InChI=1S/C14H23F3N2O2S/c1-10-7-11-3-2-4-13(8-10,9-11)12(20)18-5-6-19(21)22-14(15,16)17/h10-11,19H,2-9H2,1H3,(H,18,20). The minimum atomic E-state index is -4.55. The molecule has 4 atom stereocenters. The molecule has 0 radical (unpaired) electrons. The molecule has 2 rings (SSSR count). The van der Waals surface area contributed by atoms with Gasteiger partial charge in [0, 0.05) is 5.41 Å². The third kappa shape index (κ3) is 4.76. The van der Waals surface area contributed by atoms with E-state index in [9.17, 15) is 23.2 Å². The Bertz CT molecular complexity index is 404. The first-order chi connectivity index (χ1) is 10.2. The highest BCUT2D eigenvalue weighted by Gasteiger charge is 2.46. The molecule has 4 nitrogen and oxygen atoms in total. The summed E-state index contributed by atoms with van der Waals surface area (Å²) in [5, 5.41) is 13.9. The zero-order chi connectivity index (χ0) is 16.4. The van der Waals surface area contributed by atoms with Gasteiger partial charge in [0.05, 0.1) is 6.54 Å². The fourth-order valence-electron chi connectivity index (χ4n) is 4.14. The van der Waals surface area contributed by atoms with Crippen molar-refractivity contribution in [2.24, 2.45) is 17.3 Å². The molecule has 128 valence electrons. The summed E-state index contributed by atoms with van der Waals surface area (Å²) in [5.74, 6) is 1.02. The van der Waals surface area contributed by atoms with E-state index in [2.05, 4.69) is 12.2 Å². The molecule has 8 heteroatoms. The molecule has 0 heterocycles. The number of alkyl halides is 3. The molecule has 22 heavy (non-hydrogen) atoms. The van der Waals surface area contributed by atoms with Crippen LogP contribution in [0.1, 0.15) is 45.4 Å². The third-order valence-electron chi connectivity index (χ3n) is 4.75. The van der Waals surface area contributed by atoms with Crippen molar-refractivity contribution in [3.63, 3.8) is 0 Å². The lowest BCUT2D eigenvalue weighted by Crippen LogP contribution is -3.02. The van der Waals surface area contributed by atoms with E-state index in [1.54, 1.807) is 0 Å². The highest BCUT2D eigenvalue weighted by Crippen LogP contribution is 2.50. The van der Waals surface area contributed by atoms with Gasteiger partial charge in [0.2, 0.25) is 5.91 Å². The number of hydrogen-bond acceptors (Lipinski definition) is 3. The first-order valence-corrected chi connectivity index (χ1v) is 8.59. The maximum atomic E-state index is 12.5. The van der Waals surface area contributed by atoms with E-state index in [1.165, 1.54) is 6.42 Å². The SMILES string of the molecule is CC1CC2CCCC(C(=O)NCC[NH+]([O-])SC(F)(F)F)(C1)C2. The second kappa shape index (κ2) is 6.97. The highest BCUT2D eigenvalue weighted by atomic mass is 32.2. The summed E-state index contributed by atoms with van der Waals surface area (Å²) in [6.07, 6.45) is 5.95. The molecule has 0 aromatic rings. The Morgan fingerprint density at radius 2 is 2.18 bits per heavy atom. The number of quaternary nitrogens is 1. The van der Waals surface area contributed by atoms with Crippen LogP contribution in [0.3, 0.4) is 0 Å². The maximum absolute atomic E-state index is 12.5. The molecule has 1 amide bonds. The van der Waals surface area contributed by atoms with Crippen LogP contribution in [0.2, 0.25) is 0 Å². The fraction of sp³-hybridized carbons (Fsp3) is 0.929. The molecule has 2 saturated carbocycles. The van der Waals surface area contributed by atoms with Gasteiger partial charge >= 0.3 is 5.51 Å². The number of nitrogens with one attached hydrogen (secondary N) is 2. The van der Waals surface area contributed by atoms with Crippen molar-refractivity contribution in [2.75, 3.05) is 13.1 Å². The van der Waals surface area contributed by atoms with Gasteiger partial charge in [0.1, 0.15) is 6.54 Å². The Labute approximate surface area is 132 Å². The van der Waals surface area contributed by atoms with Gasteiger partial charge in [0.15, 0.2) is 11.9 Å². The molecule has 2 fully saturated rings. The van der Waals surface area contributed by atoms with Crippen molar-refractivity contribution in [1.29, 1.82) is 0 Å². The van der Waals surface area contributed by atoms with E-state index in [4.69, 9.17) is 0 Å². The summed E-state index contributed by atoms with van der Waals surface area (Å²) < 4.78 is 35.2. The number of amides is 1. The Hall–Kier alpha value is -0.470. The quantitative estimate of drug-likeness (QED) is 0.596. The van der Waals surface area contributed by atoms with Gasteiger partial charge in [-0.1, -0.05) is 19.8 Å². The van der Waals surface area contributed by atoms with Crippen LogP contribution >= 0.6 is 11.9 Å². The lowest BCUT2D eigenvalue weighted by atomic mass is 9.59. The Balaban J connectivity index is 1.81. The first-order valence-electron chi connectivity index (χ1n) is 7.77. The van der Waals surface area contributed by atoms with Crippen LogP contribution in [-0.4, -0.2) is 24.5 Å². The van der Waals surface area contributed by atoms with Crippen molar-refractivity contribution in [2.45, 2.75) is 51.0 Å². The molecule has 2 aliphatic rings. The number of hydroxylamine groups is 1. The Morgan fingerprint density at radius 1 is 1.45 bits per heavy atom. The fourth-order valence-corrected chi connectivity index (χ4v) is 4.60. The predicted octanol–water partition coefficient (Wildman–Crippen LogP) is 2.26. The Morgan fingerprint density at radius 3 is 2.86 bits per heavy atom. The molecule has 0 aromatic carbocycles. The summed E-state index contributed by atoms with van der Waals surface area (Å²) in [4.78, 5) is 12.5. The second-order valence-corrected chi connectivity index (χ2v) is 7.84. The maximum Gasteiger partial charge on any atom is 0.496 e. The van der Waals surface area contributed by atoms with Gasteiger partial charge in [0.25, 0.3) is 0 Å². The first kappa shape index (κ1) is 17.9. The monoisotopic (exact) mass is 340 g/mol. The van der Waals surface area contributed by atoms with Crippen LogP contribution in [0.4, 0.5) is 13.2 Å². The van der Waals surface area contributed by atoms with E-state index < -0.39 is 21.9 Å². The number of fused-ring (bicyclic) bond motifs is 2. The molecular weight excluding hydrogens is 317 g/mol. The zero-order valence-electron chi connectivity index (χ0n) is 12.7. The van der Waals surface area contributed by atoms with Crippen molar-refractivity contribution >= 4 is 17.9 Å².